The van der Waals surface area contributed by atoms with Crippen LogP contribution in [0.25, 0.3) is 0 Å². The molecule has 5 nitrogen and oxygen atoms in total. The minimum atomic E-state index is -1.08. The molecule has 0 saturated heterocycles. The molecule has 2 heterocycles. The number of carboxylic acid groups (broad SMARTS) is 1. The maximum atomic E-state index is 10.6. The first-order chi connectivity index (χ1) is 8.19. The van der Waals surface area contributed by atoms with E-state index in [1.165, 1.54) is 24.9 Å². The molecule has 0 saturated carbocycles. The molecule has 0 bridgehead atoms. The Labute approximate surface area is 101 Å². The van der Waals surface area contributed by atoms with Crippen molar-refractivity contribution in [3.05, 3.63) is 36.2 Å². The number of aromatic carboxylic acids is 1. The summed E-state index contributed by atoms with van der Waals surface area (Å²) < 4.78 is 10.1. The van der Waals surface area contributed by atoms with Gasteiger partial charge in [0.15, 0.2) is 5.09 Å². The Kier molecular flexibility index (Phi) is 3.34. The lowest BCUT2D eigenvalue weighted by molar-refractivity contribution is 0.0656. The fourth-order valence-electron chi connectivity index (χ4n) is 1.17. The molecule has 2 rings (SSSR count). The average molecular weight is 251 g/mol. The van der Waals surface area contributed by atoms with Crippen molar-refractivity contribution in [2.75, 3.05) is 7.11 Å². The van der Waals surface area contributed by atoms with Gasteiger partial charge in [-0.05, 0) is 18.2 Å². The van der Waals surface area contributed by atoms with Crippen LogP contribution >= 0.6 is 11.8 Å². The zero-order valence-electron chi connectivity index (χ0n) is 8.91. The third-order valence-electron chi connectivity index (χ3n) is 1.93. The Morgan fingerprint density at radius 1 is 1.47 bits per heavy atom. The molecule has 0 spiro atoms. The molecule has 88 valence electrons. The Bertz CT molecular complexity index is 538. The molecule has 0 aromatic carbocycles. The molecule has 0 aliphatic rings. The van der Waals surface area contributed by atoms with Crippen molar-refractivity contribution in [3.63, 3.8) is 0 Å². The molecule has 0 radical (unpaired) electrons. The summed E-state index contributed by atoms with van der Waals surface area (Å²) >= 11 is 1.31. The highest BCUT2D eigenvalue weighted by molar-refractivity contribution is 7.99. The highest BCUT2D eigenvalue weighted by Crippen LogP contribution is 2.30. The van der Waals surface area contributed by atoms with Crippen molar-refractivity contribution in [3.8, 4) is 5.88 Å². The molecule has 0 amide bonds. The van der Waals surface area contributed by atoms with Gasteiger partial charge in [0.25, 0.3) is 0 Å². The normalized spacial score (nSPS) is 10.2. The summed E-state index contributed by atoms with van der Waals surface area (Å²) in [4.78, 5) is 15.5. The molecule has 2 aromatic heterocycles. The average Bonchev–Trinajstić information content (AvgIpc) is 2.78. The Hall–Kier alpha value is -1.95. The van der Waals surface area contributed by atoms with Crippen molar-refractivity contribution >= 4 is 17.7 Å². The van der Waals surface area contributed by atoms with Gasteiger partial charge in [-0.2, -0.15) is 0 Å². The van der Waals surface area contributed by atoms with Crippen LogP contribution in [0.4, 0.5) is 0 Å². The number of rotatable bonds is 4. The lowest BCUT2D eigenvalue weighted by Gasteiger charge is -2.00. The third-order valence-corrected chi connectivity index (χ3v) is 2.84. The SMILES string of the molecule is COc1cc(Sc2ccc(C(=O)O)o2)ccn1. The van der Waals surface area contributed by atoms with E-state index in [0.717, 1.165) is 4.90 Å². The molecule has 0 aliphatic heterocycles. The number of furan rings is 1. The second-order valence-corrected chi connectivity index (χ2v) is 4.14. The Balaban J connectivity index is 2.16. The Morgan fingerprint density at radius 2 is 2.29 bits per heavy atom. The minimum Gasteiger partial charge on any atom is -0.481 e. The maximum Gasteiger partial charge on any atom is 0.371 e. The van der Waals surface area contributed by atoms with E-state index in [2.05, 4.69) is 4.98 Å². The summed E-state index contributed by atoms with van der Waals surface area (Å²) in [5.74, 6) is -0.655. The molecule has 0 atom stereocenters. The van der Waals surface area contributed by atoms with E-state index in [0.29, 0.717) is 11.0 Å². The van der Waals surface area contributed by atoms with Crippen molar-refractivity contribution in [1.29, 1.82) is 0 Å². The fourth-order valence-corrected chi connectivity index (χ4v) is 1.96. The molecule has 2 aromatic rings. The van der Waals surface area contributed by atoms with E-state index in [-0.39, 0.29) is 5.76 Å². The predicted octanol–water partition coefficient (Wildman–Crippen LogP) is 2.53. The van der Waals surface area contributed by atoms with Crippen LogP contribution in [0.5, 0.6) is 5.88 Å². The topological polar surface area (TPSA) is 72.6 Å². The largest absolute Gasteiger partial charge is 0.481 e. The van der Waals surface area contributed by atoms with E-state index in [4.69, 9.17) is 14.3 Å². The Morgan fingerprint density at radius 3 is 2.94 bits per heavy atom. The second-order valence-electron chi connectivity index (χ2n) is 3.06. The lowest BCUT2D eigenvalue weighted by Crippen LogP contribution is -1.91. The van der Waals surface area contributed by atoms with Crippen LogP contribution < -0.4 is 4.74 Å². The second kappa shape index (κ2) is 4.92. The monoisotopic (exact) mass is 251 g/mol. The number of methoxy groups -OCH3 is 1. The summed E-state index contributed by atoms with van der Waals surface area (Å²) in [6.45, 7) is 0. The number of ether oxygens (including phenoxy) is 1. The lowest BCUT2D eigenvalue weighted by atomic mass is 10.5. The van der Waals surface area contributed by atoms with Gasteiger partial charge >= 0.3 is 5.97 Å². The standard InChI is InChI=1S/C11H9NO4S/c1-15-9-6-7(4-5-12-9)17-10-3-2-8(16-10)11(13)14/h2-6H,1H3,(H,13,14). The zero-order chi connectivity index (χ0) is 12.3. The maximum absolute atomic E-state index is 10.6. The first kappa shape index (κ1) is 11.5. The predicted molar refractivity (Wildman–Crippen MR) is 60.6 cm³/mol. The van der Waals surface area contributed by atoms with E-state index in [9.17, 15) is 4.79 Å². The molecule has 6 heteroatoms. The van der Waals surface area contributed by atoms with E-state index in [1.54, 1.807) is 24.4 Å². The first-order valence-electron chi connectivity index (χ1n) is 4.70. The highest BCUT2D eigenvalue weighted by Gasteiger charge is 2.10. The van der Waals surface area contributed by atoms with Crippen LogP contribution in [-0.2, 0) is 0 Å². The minimum absolute atomic E-state index is 0.0754. The molecule has 0 fully saturated rings. The van der Waals surface area contributed by atoms with Crippen LogP contribution in [0, 0.1) is 0 Å². The van der Waals surface area contributed by atoms with Gasteiger partial charge in [-0.3, -0.25) is 0 Å². The van der Waals surface area contributed by atoms with Crippen LogP contribution in [0.2, 0.25) is 0 Å². The van der Waals surface area contributed by atoms with Gasteiger partial charge in [-0.1, -0.05) is 11.8 Å². The molecule has 0 aliphatic carbocycles. The fraction of sp³-hybridized carbons (Fsp3) is 0.0909. The molecule has 0 unspecified atom stereocenters. The molecular weight excluding hydrogens is 242 g/mol. The van der Waals surface area contributed by atoms with Gasteiger partial charge in [0.1, 0.15) is 0 Å². The number of pyridine rings is 1. The number of aromatic nitrogens is 1. The molecule has 1 N–H and O–H groups in total. The van der Waals surface area contributed by atoms with Gasteiger partial charge in [0, 0.05) is 17.2 Å². The number of carboxylic acids is 1. The summed E-state index contributed by atoms with van der Waals surface area (Å²) in [6, 6.07) is 6.56. The first-order valence-corrected chi connectivity index (χ1v) is 5.51. The van der Waals surface area contributed by atoms with Crippen molar-refractivity contribution in [1.82, 2.24) is 4.98 Å². The third kappa shape index (κ3) is 2.79. The van der Waals surface area contributed by atoms with Crippen molar-refractivity contribution < 1.29 is 19.1 Å². The summed E-state index contributed by atoms with van der Waals surface area (Å²) in [5, 5.41) is 9.22. The summed E-state index contributed by atoms with van der Waals surface area (Å²) in [5.41, 5.74) is 0. The van der Waals surface area contributed by atoms with Gasteiger partial charge in [-0.15, -0.1) is 0 Å². The van der Waals surface area contributed by atoms with Crippen LogP contribution in [0.1, 0.15) is 10.6 Å². The van der Waals surface area contributed by atoms with Crippen LogP contribution in [0.3, 0.4) is 0 Å². The van der Waals surface area contributed by atoms with Gasteiger partial charge in [0.2, 0.25) is 11.6 Å². The van der Waals surface area contributed by atoms with Gasteiger partial charge in [0.05, 0.1) is 7.11 Å². The summed E-state index contributed by atoms with van der Waals surface area (Å²) in [6.07, 6.45) is 1.61. The number of hydrogen-bond acceptors (Lipinski definition) is 5. The van der Waals surface area contributed by atoms with Gasteiger partial charge in [-0.25, -0.2) is 9.78 Å². The van der Waals surface area contributed by atoms with Crippen molar-refractivity contribution in [2.45, 2.75) is 9.99 Å². The van der Waals surface area contributed by atoms with Crippen LogP contribution in [0.15, 0.2) is 44.9 Å². The van der Waals surface area contributed by atoms with Gasteiger partial charge < -0.3 is 14.3 Å². The van der Waals surface area contributed by atoms with Crippen molar-refractivity contribution in [2.24, 2.45) is 0 Å². The van der Waals surface area contributed by atoms with E-state index < -0.39 is 5.97 Å². The molecule has 17 heavy (non-hydrogen) atoms. The number of nitrogens with zero attached hydrogens (tertiary/aromatic N) is 1. The number of carbonyl (C=O) groups is 1. The zero-order valence-corrected chi connectivity index (χ0v) is 9.73. The van der Waals surface area contributed by atoms with Crippen LogP contribution in [-0.4, -0.2) is 23.2 Å². The van der Waals surface area contributed by atoms with E-state index >= 15 is 0 Å². The highest BCUT2D eigenvalue weighted by atomic mass is 32.2. The number of hydrogen-bond donors (Lipinski definition) is 1. The quantitative estimate of drug-likeness (QED) is 0.900. The van der Waals surface area contributed by atoms with E-state index in [1.807, 2.05) is 0 Å². The summed E-state index contributed by atoms with van der Waals surface area (Å²) in [7, 11) is 1.53. The smallest absolute Gasteiger partial charge is 0.371 e. The molecular formula is C11H9NO4S.